The van der Waals surface area contributed by atoms with Crippen LogP contribution in [0.2, 0.25) is 0 Å². The molecule has 4 rings (SSSR count). The maximum atomic E-state index is 12.9. The van der Waals surface area contributed by atoms with Crippen molar-refractivity contribution in [2.24, 2.45) is 5.92 Å². The minimum absolute atomic E-state index is 0.217. The maximum absolute atomic E-state index is 12.9. The quantitative estimate of drug-likeness (QED) is 0.759. The zero-order chi connectivity index (χ0) is 15.6. The molecule has 118 valence electrons. The van der Waals surface area contributed by atoms with Crippen LogP contribution in [-0.2, 0) is 4.79 Å². The Morgan fingerprint density at radius 2 is 1.57 bits per heavy atom. The first-order valence-electron chi connectivity index (χ1n) is 8.00. The highest BCUT2D eigenvalue weighted by Gasteiger charge is 2.30. The van der Waals surface area contributed by atoms with E-state index in [-0.39, 0.29) is 5.78 Å². The number of piperidine rings is 1. The van der Waals surface area contributed by atoms with Crippen molar-refractivity contribution >= 4 is 40.6 Å². The lowest BCUT2D eigenvalue weighted by Gasteiger charge is -2.29. The lowest BCUT2D eigenvalue weighted by atomic mass is 9.95. The Bertz CT molecular complexity index is 680. The number of rotatable bonds is 4. The topological polar surface area (TPSA) is 20.3 Å². The van der Waals surface area contributed by atoms with Crippen LogP contribution in [-0.4, -0.2) is 30.3 Å². The first-order chi connectivity index (χ1) is 11.3. The highest BCUT2D eigenvalue weighted by atomic mass is 32.1. The Balaban J connectivity index is 1.63. The van der Waals surface area contributed by atoms with Gasteiger partial charge in [-0.1, -0.05) is 0 Å². The minimum atomic E-state index is 0.217. The van der Waals surface area contributed by atoms with Gasteiger partial charge in [0, 0.05) is 30.8 Å². The fourth-order valence-electron chi connectivity index (χ4n) is 3.02. The first kappa shape index (κ1) is 15.1. The van der Waals surface area contributed by atoms with E-state index >= 15 is 0 Å². The van der Waals surface area contributed by atoms with Crippen LogP contribution in [0.1, 0.15) is 24.0 Å². The fraction of sp³-hybridized carbons (Fsp3) is 0.316. The largest absolute Gasteiger partial charge is 0.294 e. The molecule has 2 aliphatic rings. The molecule has 0 bridgehead atoms. The standard InChI is InChI=1S/C19H19NOS2/c21-19-17(7-15-3-5-22-12-15)10-20(9-14-1-2-14)11-18(19)8-16-4-6-23-13-16/h3-8,12-14H,1-2,9-11H2. The van der Waals surface area contributed by atoms with Crippen molar-refractivity contribution in [1.82, 2.24) is 4.90 Å². The number of ketones is 1. The van der Waals surface area contributed by atoms with Gasteiger partial charge in [-0.05, 0) is 75.7 Å². The summed E-state index contributed by atoms with van der Waals surface area (Å²) in [4.78, 5) is 15.3. The van der Waals surface area contributed by atoms with Gasteiger partial charge in [0.1, 0.15) is 0 Å². The molecule has 0 unspecified atom stereocenters. The van der Waals surface area contributed by atoms with E-state index in [2.05, 4.69) is 50.7 Å². The Kier molecular flexibility index (Phi) is 4.29. The second-order valence-electron chi connectivity index (χ2n) is 6.39. The minimum Gasteiger partial charge on any atom is -0.294 e. The highest BCUT2D eigenvalue weighted by Crippen LogP contribution is 2.32. The highest BCUT2D eigenvalue weighted by molar-refractivity contribution is 7.08. The third-order valence-electron chi connectivity index (χ3n) is 4.35. The van der Waals surface area contributed by atoms with Gasteiger partial charge in [-0.25, -0.2) is 0 Å². The molecule has 1 saturated heterocycles. The lowest BCUT2D eigenvalue weighted by Crippen LogP contribution is -2.38. The van der Waals surface area contributed by atoms with Gasteiger partial charge >= 0.3 is 0 Å². The Morgan fingerprint density at radius 1 is 1.00 bits per heavy atom. The van der Waals surface area contributed by atoms with Crippen molar-refractivity contribution in [3.8, 4) is 0 Å². The van der Waals surface area contributed by atoms with E-state index in [1.54, 1.807) is 22.7 Å². The van der Waals surface area contributed by atoms with Gasteiger partial charge in [0.05, 0.1) is 0 Å². The number of carbonyl (C=O) groups is 1. The molecule has 2 aromatic heterocycles. The molecule has 0 radical (unpaired) electrons. The summed E-state index contributed by atoms with van der Waals surface area (Å²) in [7, 11) is 0. The third kappa shape index (κ3) is 3.71. The molecule has 23 heavy (non-hydrogen) atoms. The Labute approximate surface area is 144 Å². The molecule has 0 spiro atoms. The van der Waals surface area contributed by atoms with Crippen LogP contribution in [0.25, 0.3) is 12.2 Å². The number of carbonyl (C=O) groups excluding carboxylic acids is 1. The van der Waals surface area contributed by atoms with Crippen LogP contribution < -0.4 is 0 Å². The molecule has 1 aliphatic heterocycles. The molecule has 0 atom stereocenters. The number of nitrogens with zero attached hydrogens (tertiary/aromatic N) is 1. The van der Waals surface area contributed by atoms with Gasteiger partial charge in [0.25, 0.3) is 0 Å². The van der Waals surface area contributed by atoms with E-state index in [9.17, 15) is 4.79 Å². The molecule has 4 heteroatoms. The SMILES string of the molecule is O=C1C(=Cc2ccsc2)CN(CC2CC2)CC1=Cc1ccsc1. The van der Waals surface area contributed by atoms with Crippen LogP contribution in [0, 0.1) is 5.92 Å². The number of hydrogen-bond donors (Lipinski definition) is 0. The van der Waals surface area contributed by atoms with Gasteiger partial charge in [0.15, 0.2) is 5.78 Å². The molecule has 3 heterocycles. The molecule has 0 amide bonds. The monoisotopic (exact) mass is 341 g/mol. The molecule has 1 aliphatic carbocycles. The number of Topliss-reactive ketones (excluding diaryl/α,β-unsaturated/α-hetero) is 1. The van der Waals surface area contributed by atoms with Crippen molar-refractivity contribution in [2.45, 2.75) is 12.8 Å². The van der Waals surface area contributed by atoms with E-state index in [0.29, 0.717) is 0 Å². The van der Waals surface area contributed by atoms with Crippen molar-refractivity contribution in [2.75, 3.05) is 19.6 Å². The van der Waals surface area contributed by atoms with Gasteiger partial charge < -0.3 is 0 Å². The van der Waals surface area contributed by atoms with Crippen molar-refractivity contribution in [1.29, 1.82) is 0 Å². The summed E-state index contributed by atoms with van der Waals surface area (Å²) in [6, 6.07) is 4.15. The average molecular weight is 342 g/mol. The lowest BCUT2D eigenvalue weighted by molar-refractivity contribution is -0.113. The van der Waals surface area contributed by atoms with Crippen molar-refractivity contribution in [3.63, 3.8) is 0 Å². The summed E-state index contributed by atoms with van der Waals surface area (Å²) >= 11 is 3.35. The summed E-state index contributed by atoms with van der Waals surface area (Å²) in [6.07, 6.45) is 6.83. The van der Waals surface area contributed by atoms with Crippen LogP contribution in [0.3, 0.4) is 0 Å². The molecule has 2 aromatic rings. The zero-order valence-electron chi connectivity index (χ0n) is 12.9. The molecule has 1 saturated carbocycles. The van der Waals surface area contributed by atoms with E-state index < -0.39 is 0 Å². The van der Waals surface area contributed by atoms with E-state index in [0.717, 1.165) is 47.8 Å². The summed E-state index contributed by atoms with van der Waals surface area (Å²) in [5, 5.41) is 8.32. The summed E-state index contributed by atoms with van der Waals surface area (Å²) in [5.74, 6) is 1.06. The molecule has 2 nitrogen and oxygen atoms in total. The predicted octanol–water partition coefficient (Wildman–Crippen LogP) is 4.57. The summed E-state index contributed by atoms with van der Waals surface area (Å²) < 4.78 is 0. The second kappa shape index (κ2) is 6.56. The molecular formula is C19H19NOS2. The number of hydrogen-bond acceptors (Lipinski definition) is 4. The van der Waals surface area contributed by atoms with E-state index in [4.69, 9.17) is 0 Å². The first-order valence-corrected chi connectivity index (χ1v) is 9.89. The molecule has 0 N–H and O–H groups in total. The van der Waals surface area contributed by atoms with Crippen LogP contribution in [0.5, 0.6) is 0 Å². The maximum Gasteiger partial charge on any atom is 0.187 e. The van der Waals surface area contributed by atoms with Gasteiger partial charge in [-0.3, -0.25) is 9.69 Å². The van der Waals surface area contributed by atoms with Gasteiger partial charge in [0.2, 0.25) is 0 Å². The zero-order valence-corrected chi connectivity index (χ0v) is 14.5. The van der Waals surface area contributed by atoms with Crippen LogP contribution in [0.4, 0.5) is 0 Å². The van der Waals surface area contributed by atoms with Gasteiger partial charge in [-0.2, -0.15) is 22.7 Å². The molecular weight excluding hydrogens is 322 g/mol. The number of likely N-dealkylation sites (tertiary alicyclic amines) is 1. The predicted molar refractivity (Wildman–Crippen MR) is 98.8 cm³/mol. The Morgan fingerprint density at radius 3 is 2.00 bits per heavy atom. The van der Waals surface area contributed by atoms with Crippen molar-refractivity contribution in [3.05, 3.63) is 55.9 Å². The molecule has 0 aromatic carbocycles. The summed E-state index contributed by atoms with van der Waals surface area (Å²) in [5.41, 5.74) is 4.14. The van der Waals surface area contributed by atoms with Crippen LogP contribution >= 0.6 is 22.7 Å². The normalized spacial score (nSPS) is 23.0. The number of thiophene rings is 2. The Hall–Kier alpha value is -1.49. The third-order valence-corrected chi connectivity index (χ3v) is 5.76. The molecule has 2 fully saturated rings. The second-order valence-corrected chi connectivity index (χ2v) is 7.95. The smallest absolute Gasteiger partial charge is 0.187 e. The fourth-order valence-corrected chi connectivity index (χ4v) is 4.26. The van der Waals surface area contributed by atoms with Gasteiger partial charge in [-0.15, -0.1) is 0 Å². The van der Waals surface area contributed by atoms with E-state index in [1.165, 1.54) is 12.8 Å². The van der Waals surface area contributed by atoms with Crippen LogP contribution in [0.15, 0.2) is 44.8 Å². The average Bonchev–Trinajstić information content (AvgIpc) is 3.01. The summed E-state index contributed by atoms with van der Waals surface area (Å²) in [6.45, 7) is 2.69. The van der Waals surface area contributed by atoms with E-state index in [1.807, 2.05) is 0 Å². The van der Waals surface area contributed by atoms with Crippen molar-refractivity contribution < 1.29 is 4.79 Å².